The molecule has 2 atom stereocenters. The van der Waals surface area contributed by atoms with Gasteiger partial charge in [-0.15, -0.1) is 6.58 Å². The number of carbonyl (C=O) groups excluding carboxylic acids is 2. The molecule has 1 aromatic carbocycles. The van der Waals surface area contributed by atoms with E-state index in [9.17, 15) is 9.59 Å². The van der Waals surface area contributed by atoms with E-state index in [1.54, 1.807) is 12.1 Å². The maximum absolute atomic E-state index is 11.7. The van der Waals surface area contributed by atoms with Crippen molar-refractivity contribution in [2.24, 2.45) is 0 Å². The maximum atomic E-state index is 11.7. The molecule has 0 fully saturated rings. The van der Waals surface area contributed by atoms with Gasteiger partial charge in [-0.25, -0.2) is 4.79 Å². The van der Waals surface area contributed by atoms with Crippen molar-refractivity contribution < 1.29 is 14.3 Å². The number of hydrogen-bond acceptors (Lipinski definition) is 3. The van der Waals surface area contributed by atoms with Gasteiger partial charge in [0.15, 0.2) is 6.10 Å². The Morgan fingerprint density at radius 1 is 1.55 bits per heavy atom. The van der Waals surface area contributed by atoms with E-state index in [0.29, 0.717) is 24.4 Å². The number of amides is 3. The molecule has 6 nitrogen and oxygen atoms in total. The number of nitrogens with one attached hydrogen (secondary N) is 3. The fourth-order valence-corrected chi connectivity index (χ4v) is 2.19. The second kappa shape index (κ2) is 6.98. The summed E-state index contributed by atoms with van der Waals surface area (Å²) in [7, 11) is 0. The topological polar surface area (TPSA) is 79.5 Å². The SMILES string of the molecule is C=CCNC(=O)N[C@@H](C)c1ccc2c(c1)O[C@H](CC)C(=O)N2. The highest BCUT2D eigenvalue weighted by molar-refractivity contribution is 5.97. The van der Waals surface area contributed by atoms with Crippen LogP contribution in [0.1, 0.15) is 31.9 Å². The van der Waals surface area contributed by atoms with Crippen molar-refractivity contribution in [1.29, 1.82) is 0 Å². The standard InChI is InChI=1S/C16H21N3O3/c1-4-8-17-16(21)18-10(3)11-6-7-12-14(9-11)22-13(5-2)15(20)19-12/h4,6-7,9-10,13H,1,5,8H2,2-3H3,(H,19,20)(H2,17,18,21)/t10-,13+/m0/s1. The van der Waals surface area contributed by atoms with Crippen molar-refractivity contribution in [3.05, 3.63) is 36.4 Å². The molecule has 0 radical (unpaired) electrons. The summed E-state index contributed by atoms with van der Waals surface area (Å²) in [4.78, 5) is 23.4. The first-order valence-corrected chi connectivity index (χ1v) is 7.31. The molecule has 0 unspecified atom stereocenters. The third kappa shape index (κ3) is 3.58. The van der Waals surface area contributed by atoms with E-state index in [0.717, 1.165) is 5.56 Å². The third-order valence-corrected chi connectivity index (χ3v) is 3.45. The van der Waals surface area contributed by atoms with Crippen LogP contribution in [0, 0.1) is 0 Å². The van der Waals surface area contributed by atoms with Crippen LogP contribution in [0.5, 0.6) is 5.75 Å². The van der Waals surface area contributed by atoms with Gasteiger partial charge < -0.3 is 20.7 Å². The van der Waals surface area contributed by atoms with Gasteiger partial charge in [-0.05, 0) is 31.0 Å². The molecule has 0 aliphatic carbocycles. The van der Waals surface area contributed by atoms with Gasteiger partial charge in [0.05, 0.1) is 11.7 Å². The minimum absolute atomic E-state index is 0.127. The van der Waals surface area contributed by atoms with Gasteiger partial charge in [0.2, 0.25) is 0 Å². The second-order valence-electron chi connectivity index (χ2n) is 5.12. The molecule has 1 heterocycles. The summed E-state index contributed by atoms with van der Waals surface area (Å²) in [5.41, 5.74) is 1.56. The molecule has 0 aromatic heterocycles. The van der Waals surface area contributed by atoms with E-state index in [1.807, 2.05) is 26.0 Å². The zero-order valence-corrected chi connectivity index (χ0v) is 12.8. The van der Waals surface area contributed by atoms with Crippen molar-refractivity contribution in [2.45, 2.75) is 32.4 Å². The molecule has 1 aliphatic heterocycles. The van der Waals surface area contributed by atoms with E-state index in [4.69, 9.17) is 4.74 Å². The molecule has 2 rings (SSSR count). The number of rotatable bonds is 5. The number of urea groups is 1. The lowest BCUT2D eigenvalue weighted by Gasteiger charge is -2.26. The number of anilines is 1. The Morgan fingerprint density at radius 3 is 3.00 bits per heavy atom. The van der Waals surface area contributed by atoms with Gasteiger partial charge in [0.1, 0.15) is 5.75 Å². The first-order chi connectivity index (χ1) is 10.5. The van der Waals surface area contributed by atoms with Crippen molar-refractivity contribution in [3.63, 3.8) is 0 Å². The fraction of sp³-hybridized carbons (Fsp3) is 0.375. The Kier molecular flexibility index (Phi) is 5.04. The zero-order valence-electron chi connectivity index (χ0n) is 12.8. The quantitative estimate of drug-likeness (QED) is 0.730. The van der Waals surface area contributed by atoms with Crippen LogP contribution >= 0.6 is 0 Å². The number of hydrogen-bond donors (Lipinski definition) is 3. The van der Waals surface area contributed by atoms with Crippen LogP contribution < -0.4 is 20.7 Å². The van der Waals surface area contributed by atoms with Gasteiger partial charge in [-0.1, -0.05) is 19.1 Å². The molecule has 3 N–H and O–H groups in total. The first kappa shape index (κ1) is 15.9. The molecule has 118 valence electrons. The summed E-state index contributed by atoms with van der Waals surface area (Å²) >= 11 is 0. The number of fused-ring (bicyclic) bond motifs is 1. The van der Waals surface area contributed by atoms with Crippen LogP contribution in [0.4, 0.5) is 10.5 Å². The molecule has 0 spiro atoms. The van der Waals surface area contributed by atoms with Crippen LogP contribution in [-0.4, -0.2) is 24.6 Å². The summed E-state index contributed by atoms with van der Waals surface area (Å²) in [5, 5.41) is 8.31. The van der Waals surface area contributed by atoms with Crippen LogP contribution in [-0.2, 0) is 4.79 Å². The average Bonchev–Trinajstić information content (AvgIpc) is 2.51. The highest BCUT2D eigenvalue weighted by Gasteiger charge is 2.26. The molecule has 1 aromatic rings. The predicted molar refractivity (Wildman–Crippen MR) is 84.9 cm³/mol. The summed E-state index contributed by atoms with van der Waals surface area (Å²) in [6, 6.07) is 5.04. The van der Waals surface area contributed by atoms with E-state index in [2.05, 4.69) is 22.5 Å². The second-order valence-corrected chi connectivity index (χ2v) is 5.12. The van der Waals surface area contributed by atoms with Crippen LogP contribution in [0.3, 0.4) is 0 Å². The molecular formula is C16H21N3O3. The molecule has 0 bridgehead atoms. The predicted octanol–water partition coefficient (Wildman–Crippen LogP) is 2.34. The Balaban J connectivity index is 2.09. The smallest absolute Gasteiger partial charge is 0.315 e. The van der Waals surface area contributed by atoms with Crippen molar-refractivity contribution in [1.82, 2.24) is 10.6 Å². The van der Waals surface area contributed by atoms with Gasteiger partial charge in [-0.2, -0.15) is 0 Å². The van der Waals surface area contributed by atoms with Gasteiger partial charge in [0.25, 0.3) is 5.91 Å². The maximum Gasteiger partial charge on any atom is 0.315 e. The van der Waals surface area contributed by atoms with Gasteiger partial charge >= 0.3 is 6.03 Å². The van der Waals surface area contributed by atoms with Crippen LogP contribution in [0.2, 0.25) is 0 Å². The first-order valence-electron chi connectivity index (χ1n) is 7.31. The molecular weight excluding hydrogens is 282 g/mol. The Hall–Kier alpha value is -2.50. The third-order valence-electron chi connectivity index (χ3n) is 3.45. The minimum Gasteiger partial charge on any atom is -0.478 e. The van der Waals surface area contributed by atoms with Gasteiger partial charge in [0, 0.05) is 6.54 Å². The van der Waals surface area contributed by atoms with Crippen LogP contribution in [0.25, 0.3) is 0 Å². The number of benzene rings is 1. The molecule has 0 saturated carbocycles. The van der Waals surface area contributed by atoms with Gasteiger partial charge in [-0.3, -0.25) is 4.79 Å². The monoisotopic (exact) mass is 303 g/mol. The van der Waals surface area contributed by atoms with E-state index in [1.165, 1.54) is 0 Å². The zero-order chi connectivity index (χ0) is 16.1. The summed E-state index contributed by atoms with van der Waals surface area (Å²) in [6.45, 7) is 7.74. The lowest BCUT2D eigenvalue weighted by Crippen LogP contribution is -2.37. The van der Waals surface area contributed by atoms with Crippen LogP contribution in [0.15, 0.2) is 30.9 Å². The summed E-state index contributed by atoms with van der Waals surface area (Å²) in [5.74, 6) is 0.502. The minimum atomic E-state index is -0.470. The Bertz CT molecular complexity index is 586. The molecule has 3 amide bonds. The lowest BCUT2D eigenvalue weighted by molar-refractivity contribution is -0.123. The lowest BCUT2D eigenvalue weighted by atomic mass is 10.1. The normalized spacial score (nSPS) is 17.5. The fourth-order valence-electron chi connectivity index (χ4n) is 2.19. The number of carbonyl (C=O) groups is 2. The van der Waals surface area contributed by atoms with Crippen molar-refractivity contribution >= 4 is 17.6 Å². The number of ether oxygens (including phenoxy) is 1. The summed E-state index contributed by atoms with van der Waals surface area (Å²) in [6.07, 6.45) is 1.75. The Labute approximate surface area is 129 Å². The largest absolute Gasteiger partial charge is 0.478 e. The highest BCUT2D eigenvalue weighted by atomic mass is 16.5. The average molecular weight is 303 g/mol. The summed E-state index contributed by atoms with van der Waals surface area (Å²) < 4.78 is 5.70. The van der Waals surface area contributed by atoms with Crippen molar-refractivity contribution in [2.75, 3.05) is 11.9 Å². The Morgan fingerprint density at radius 2 is 2.32 bits per heavy atom. The molecule has 1 aliphatic rings. The molecule has 0 saturated heterocycles. The molecule has 6 heteroatoms. The molecule has 22 heavy (non-hydrogen) atoms. The van der Waals surface area contributed by atoms with Crippen molar-refractivity contribution in [3.8, 4) is 5.75 Å². The van der Waals surface area contributed by atoms with E-state index in [-0.39, 0.29) is 18.0 Å². The van der Waals surface area contributed by atoms with E-state index < -0.39 is 6.10 Å². The van der Waals surface area contributed by atoms with E-state index >= 15 is 0 Å². The highest BCUT2D eigenvalue weighted by Crippen LogP contribution is 2.32.